The highest BCUT2D eigenvalue weighted by atomic mass is 16.7. The molecule has 0 unspecified atom stereocenters. The van der Waals surface area contributed by atoms with Crippen LogP contribution in [-0.2, 0) is 0 Å². The van der Waals surface area contributed by atoms with Crippen LogP contribution in [0.2, 0.25) is 0 Å². The molecule has 0 aromatic heterocycles. The van der Waals surface area contributed by atoms with Crippen molar-refractivity contribution in [2.45, 2.75) is 0 Å². The first-order chi connectivity index (χ1) is 8.90. The van der Waals surface area contributed by atoms with Crippen molar-refractivity contribution < 1.29 is 9.47 Å². The summed E-state index contributed by atoms with van der Waals surface area (Å²) in [4.78, 5) is 8.25. The number of hydrogen-bond donors (Lipinski definition) is 0. The zero-order valence-electron chi connectivity index (χ0n) is 9.54. The van der Waals surface area contributed by atoms with Gasteiger partial charge in [0.2, 0.25) is 6.79 Å². The van der Waals surface area contributed by atoms with Crippen LogP contribution in [-0.4, -0.2) is 12.8 Å². The summed E-state index contributed by atoms with van der Waals surface area (Å²) in [5.74, 6) is 1.41. The normalized spacial score (nSPS) is 12.9. The Bertz CT molecular complexity index is 580. The predicted molar refractivity (Wildman–Crippen MR) is 68.2 cm³/mol. The van der Waals surface area contributed by atoms with Crippen molar-refractivity contribution in [2.24, 2.45) is 9.98 Å². The highest BCUT2D eigenvalue weighted by Crippen LogP contribution is 2.22. The van der Waals surface area contributed by atoms with E-state index in [1.54, 1.807) is 0 Å². The molecule has 1 heterocycles. The molecular formula is C14H10N2O2. The quantitative estimate of drug-likeness (QED) is 0.704. The van der Waals surface area contributed by atoms with E-state index >= 15 is 0 Å². The van der Waals surface area contributed by atoms with E-state index in [-0.39, 0.29) is 6.79 Å². The van der Waals surface area contributed by atoms with Gasteiger partial charge in [-0.3, -0.25) is 0 Å². The zero-order valence-corrected chi connectivity index (χ0v) is 9.54. The second-order valence-corrected chi connectivity index (χ2v) is 3.72. The third kappa shape index (κ3) is 2.39. The van der Waals surface area contributed by atoms with Crippen LogP contribution in [0.1, 0.15) is 0 Å². The number of rotatable bonds is 0. The first kappa shape index (κ1) is 10.6. The maximum Gasteiger partial charge on any atom is 0.230 e. The largest absolute Gasteiger partial charge is 0.457 e. The lowest BCUT2D eigenvalue weighted by Gasteiger charge is -2.09. The van der Waals surface area contributed by atoms with E-state index in [0.717, 1.165) is 11.4 Å². The molecule has 4 bridgehead atoms. The molecule has 88 valence electrons. The standard InChI is InChI=1S/C14H10N2O2/c1-3-11-7-13(5-1)17-10-18-14-6-2-4-12(8-14)16-9-15-11/h1-8H,10H2. The van der Waals surface area contributed by atoms with Crippen LogP contribution >= 0.6 is 0 Å². The van der Waals surface area contributed by atoms with Gasteiger partial charge in [0.1, 0.15) is 17.5 Å². The molecule has 0 spiro atoms. The maximum atomic E-state index is 5.48. The van der Waals surface area contributed by atoms with E-state index in [9.17, 15) is 0 Å². The van der Waals surface area contributed by atoms with Crippen LogP contribution in [0.25, 0.3) is 0 Å². The molecule has 0 saturated heterocycles. The summed E-state index contributed by atoms with van der Waals surface area (Å²) < 4.78 is 11.0. The maximum absolute atomic E-state index is 5.48. The van der Waals surface area contributed by atoms with Crippen molar-refractivity contribution in [3.05, 3.63) is 48.5 Å². The van der Waals surface area contributed by atoms with Gasteiger partial charge in [-0.05, 0) is 24.3 Å². The zero-order chi connectivity index (χ0) is 12.2. The molecule has 1 aliphatic rings. The molecule has 0 aliphatic carbocycles. The number of fused-ring (bicyclic) bond motifs is 4. The lowest BCUT2D eigenvalue weighted by atomic mass is 10.3. The van der Waals surface area contributed by atoms with Crippen LogP contribution in [0.3, 0.4) is 0 Å². The Hall–Kier alpha value is -2.58. The number of ether oxygens (including phenoxy) is 2. The van der Waals surface area contributed by atoms with Gasteiger partial charge in [0.25, 0.3) is 0 Å². The molecule has 18 heavy (non-hydrogen) atoms. The summed E-state index contributed by atoms with van der Waals surface area (Å²) in [5.41, 5.74) is 1.49. The molecule has 0 fully saturated rings. The van der Waals surface area contributed by atoms with Crippen LogP contribution in [0, 0.1) is 0 Å². The van der Waals surface area contributed by atoms with Gasteiger partial charge in [-0.2, -0.15) is 9.98 Å². The van der Waals surface area contributed by atoms with E-state index < -0.39 is 0 Å². The average molecular weight is 238 g/mol. The van der Waals surface area contributed by atoms with E-state index in [1.165, 1.54) is 0 Å². The average Bonchev–Trinajstić information content (AvgIpc) is 2.39. The lowest BCUT2D eigenvalue weighted by Crippen LogP contribution is -2.05. The van der Waals surface area contributed by atoms with Crippen LogP contribution < -0.4 is 9.47 Å². The second kappa shape index (κ2) is 4.73. The Kier molecular flexibility index (Phi) is 2.78. The molecule has 0 saturated carbocycles. The second-order valence-electron chi connectivity index (χ2n) is 3.72. The lowest BCUT2D eigenvalue weighted by molar-refractivity contribution is 0.120. The van der Waals surface area contributed by atoms with Gasteiger partial charge >= 0.3 is 0 Å². The van der Waals surface area contributed by atoms with Crippen molar-refractivity contribution in [3.63, 3.8) is 0 Å². The number of aliphatic imine (C=N–C) groups is 2. The fourth-order valence-electron chi connectivity index (χ4n) is 1.59. The van der Waals surface area contributed by atoms with Gasteiger partial charge in [0, 0.05) is 12.1 Å². The van der Waals surface area contributed by atoms with Crippen LogP contribution in [0.5, 0.6) is 11.5 Å². The van der Waals surface area contributed by atoms with Crippen molar-refractivity contribution in [1.29, 1.82) is 0 Å². The molecule has 0 radical (unpaired) electrons. The highest BCUT2D eigenvalue weighted by Gasteiger charge is 1.99. The van der Waals surface area contributed by atoms with Gasteiger partial charge in [-0.25, -0.2) is 0 Å². The van der Waals surface area contributed by atoms with E-state index in [0.29, 0.717) is 11.5 Å². The summed E-state index contributed by atoms with van der Waals surface area (Å²) in [7, 11) is 0. The molecule has 4 heteroatoms. The smallest absolute Gasteiger partial charge is 0.230 e. The SMILES string of the molecule is C1=Nc2cccc(c2)OCOc2cccc(c2)N=1. The molecule has 1 aliphatic heterocycles. The Morgan fingerprint density at radius 1 is 0.833 bits per heavy atom. The molecule has 3 rings (SSSR count). The topological polar surface area (TPSA) is 43.2 Å². The number of nitrogens with zero attached hydrogens (tertiary/aromatic N) is 2. The first-order valence-corrected chi connectivity index (χ1v) is 5.52. The molecule has 0 N–H and O–H groups in total. The highest BCUT2D eigenvalue weighted by molar-refractivity contribution is 5.59. The Labute approximate surface area is 104 Å². The van der Waals surface area contributed by atoms with Crippen molar-refractivity contribution in [2.75, 3.05) is 6.79 Å². The summed E-state index contributed by atoms with van der Waals surface area (Å²) in [6.07, 6.45) is 0. The summed E-state index contributed by atoms with van der Waals surface area (Å²) >= 11 is 0. The Morgan fingerprint density at radius 3 is 1.94 bits per heavy atom. The van der Waals surface area contributed by atoms with Gasteiger partial charge in [0.05, 0.1) is 11.4 Å². The fourth-order valence-corrected chi connectivity index (χ4v) is 1.59. The molecule has 0 atom stereocenters. The molecule has 4 nitrogen and oxygen atoms in total. The minimum atomic E-state index is 0.153. The van der Waals surface area contributed by atoms with Crippen molar-refractivity contribution in [1.82, 2.24) is 0 Å². The molecule has 2 aromatic carbocycles. The molecule has 0 amide bonds. The summed E-state index contributed by atoms with van der Waals surface area (Å²) in [6, 6.07) is 17.4. The van der Waals surface area contributed by atoms with Gasteiger partial charge in [-0.1, -0.05) is 12.1 Å². The Balaban J connectivity index is 2.04. The fraction of sp³-hybridized carbons (Fsp3) is 0.0714. The third-order valence-electron chi connectivity index (χ3n) is 2.44. The van der Waals surface area contributed by atoms with Crippen LogP contribution in [0.4, 0.5) is 11.4 Å². The number of hydrogen-bond acceptors (Lipinski definition) is 4. The monoisotopic (exact) mass is 238 g/mol. The van der Waals surface area contributed by atoms with Gasteiger partial charge in [-0.15, -0.1) is 0 Å². The van der Waals surface area contributed by atoms with Crippen LogP contribution in [0.15, 0.2) is 58.5 Å². The summed E-state index contributed by atoms with van der Waals surface area (Å²) in [5, 5.41) is 0. The Morgan fingerprint density at radius 2 is 1.39 bits per heavy atom. The van der Waals surface area contributed by atoms with Gasteiger partial charge < -0.3 is 9.47 Å². The van der Waals surface area contributed by atoms with Crippen molar-refractivity contribution >= 4 is 17.4 Å². The first-order valence-electron chi connectivity index (χ1n) is 5.52. The molecule has 2 aromatic rings. The van der Waals surface area contributed by atoms with E-state index in [4.69, 9.17) is 9.47 Å². The molecular weight excluding hydrogens is 228 g/mol. The number of benzene rings is 2. The minimum absolute atomic E-state index is 0.153. The van der Waals surface area contributed by atoms with Crippen molar-refractivity contribution in [3.8, 4) is 11.5 Å². The van der Waals surface area contributed by atoms with E-state index in [1.807, 2.05) is 48.5 Å². The third-order valence-corrected chi connectivity index (χ3v) is 2.44. The van der Waals surface area contributed by atoms with E-state index in [2.05, 4.69) is 16.0 Å². The van der Waals surface area contributed by atoms with Gasteiger partial charge in [0.15, 0.2) is 0 Å². The summed E-state index contributed by atoms with van der Waals surface area (Å²) in [6.45, 7) is 0.153. The minimum Gasteiger partial charge on any atom is -0.457 e. The predicted octanol–water partition coefficient (Wildman–Crippen LogP) is 3.55.